The number of carbonyl (C=O) groups is 1. The Hall–Kier alpha value is -1.09. The van der Waals surface area contributed by atoms with Gasteiger partial charge in [-0.05, 0) is 50.9 Å². The zero-order valence-corrected chi connectivity index (χ0v) is 13.4. The first-order chi connectivity index (χ1) is 9.23. The predicted octanol–water partition coefficient (Wildman–Crippen LogP) is 4.18. The number of carboxylic acids is 1. The first-order valence-corrected chi connectivity index (χ1v) is 7.43. The largest absolute Gasteiger partial charge is 0.481 e. The van der Waals surface area contributed by atoms with Crippen LogP contribution >= 0.6 is 0 Å². The highest BCUT2D eigenvalue weighted by atomic mass is 16.4. The van der Waals surface area contributed by atoms with E-state index in [4.69, 9.17) is 9.90 Å². The van der Waals surface area contributed by atoms with Gasteiger partial charge >= 0.3 is 0 Å². The zero-order valence-electron chi connectivity index (χ0n) is 13.4. The Labute approximate surface area is 123 Å². The van der Waals surface area contributed by atoms with Crippen LogP contribution in [0.3, 0.4) is 0 Å². The van der Waals surface area contributed by atoms with Crippen molar-refractivity contribution in [2.75, 3.05) is 0 Å². The Morgan fingerprint density at radius 2 is 1.95 bits per heavy atom. The summed E-state index contributed by atoms with van der Waals surface area (Å²) in [4.78, 5) is 9.00. The minimum absolute atomic E-state index is 0.196. The molecule has 0 bridgehead atoms. The number of aliphatic hydroxyl groups is 1. The third kappa shape index (κ3) is 8.92. The van der Waals surface area contributed by atoms with Crippen molar-refractivity contribution >= 4 is 5.97 Å². The van der Waals surface area contributed by atoms with Gasteiger partial charge < -0.3 is 10.2 Å². The third-order valence-electron chi connectivity index (χ3n) is 3.71. The van der Waals surface area contributed by atoms with Gasteiger partial charge in [0.25, 0.3) is 5.97 Å². The average Bonchev–Trinajstić information content (AvgIpc) is 2.26. The van der Waals surface area contributed by atoms with Crippen LogP contribution < -0.4 is 0 Å². The second-order valence-corrected chi connectivity index (χ2v) is 6.08. The zero-order chi connectivity index (χ0) is 15.7. The Bertz CT molecular complexity index is 338. The highest BCUT2D eigenvalue weighted by Gasteiger charge is 2.23. The fourth-order valence-electron chi connectivity index (χ4n) is 2.54. The molecule has 2 unspecified atom stereocenters. The van der Waals surface area contributed by atoms with E-state index in [2.05, 4.69) is 33.4 Å². The lowest BCUT2D eigenvalue weighted by atomic mass is 9.81. The summed E-state index contributed by atoms with van der Waals surface area (Å²) in [6.07, 6.45) is 7.28. The standard InChI is InChI=1S/C15H26O.C2H4O2/c1-11(2)14-9-8-12(3)6-5-7-13(4)10-15(14)16;1-2(3)4/h6,11,14-16H,4-5,7-10H2,1-3H3;1H3,(H,3,4). The van der Waals surface area contributed by atoms with Crippen LogP contribution in [0.15, 0.2) is 23.8 Å². The summed E-state index contributed by atoms with van der Waals surface area (Å²) in [7, 11) is 0. The summed E-state index contributed by atoms with van der Waals surface area (Å²) in [5, 5.41) is 17.7. The minimum atomic E-state index is -0.833. The molecule has 20 heavy (non-hydrogen) atoms. The summed E-state index contributed by atoms with van der Waals surface area (Å²) >= 11 is 0. The van der Waals surface area contributed by atoms with E-state index >= 15 is 0 Å². The number of aliphatic hydroxyl groups excluding tert-OH is 1. The second kappa shape index (κ2) is 9.76. The molecule has 1 aliphatic rings. The van der Waals surface area contributed by atoms with Crippen molar-refractivity contribution in [1.29, 1.82) is 0 Å². The molecule has 116 valence electrons. The first-order valence-electron chi connectivity index (χ1n) is 7.43. The van der Waals surface area contributed by atoms with Crippen molar-refractivity contribution < 1.29 is 15.0 Å². The van der Waals surface area contributed by atoms with Crippen molar-refractivity contribution in [3.8, 4) is 0 Å². The van der Waals surface area contributed by atoms with Crippen molar-refractivity contribution in [2.45, 2.75) is 65.9 Å². The van der Waals surface area contributed by atoms with E-state index in [0.717, 1.165) is 39.0 Å². The van der Waals surface area contributed by atoms with Gasteiger partial charge in [0.1, 0.15) is 0 Å². The molecule has 0 aromatic carbocycles. The fourth-order valence-corrected chi connectivity index (χ4v) is 2.54. The molecule has 3 nitrogen and oxygen atoms in total. The van der Waals surface area contributed by atoms with E-state index in [1.165, 1.54) is 11.1 Å². The monoisotopic (exact) mass is 282 g/mol. The number of aliphatic carboxylic acids is 1. The Kier molecular flexibility index (Phi) is 9.23. The van der Waals surface area contributed by atoms with Crippen LogP contribution in [0.25, 0.3) is 0 Å². The molecule has 0 aliphatic heterocycles. The highest BCUT2D eigenvalue weighted by Crippen LogP contribution is 2.28. The van der Waals surface area contributed by atoms with E-state index in [0.29, 0.717) is 11.8 Å². The fraction of sp³-hybridized carbons (Fsp3) is 0.706. The van der Waals surface area contributed by atoms with Crippen LogP contribution in [0.2, 0.25) is 0 Å². The molecule has 0 spiro atoms. The van der Waals surface area contributed by atoms with Crippen molar-refractivity contribution in [3.63, 3.8) is 0 Å². The maximum absolute atomic E-state index is 10.2. The molecule has 3 heteroatoms. The van der Waals surface area contributed by atoms with Gasteiger partial charge in [0, 0.05) is 6.92 Å². The molecular formula is C17H30O3. The van der Waals surface area contributed by atoms with Gasteiger partial charge in [0.15, 0.2) is 0 Å². The van der Waals surface area contributed by atoms with Crippen LogP contribution in [-0.4, -0.2) is 22.3 Å². The summed E-state index contributed by atoms with van der Waals surface area (Å²) < 4.78 is 0. The van der Waals surface area contributed by atoms with Crippen molar-refractivity contribution in [3.05, 3.63) is 23.8 Å². The van der Waals surface area contributed by atoms with Gasteiger partial charge in [-0.1, -0.05) is 37.6 Å². The summed E-state index contributed by atoms with van der Waals surface area (Å²) in [5.41, 5.74) is 2.66. The van der Waals surface area contributed by atoms with Gasteiger partial charge in [-0.3, -0.25) is 4.79 Å². The van der Waals surface area contributed by atoms with E-state index < -0.39 is 5.97 Å². The van der Waals surface area contributed by atoms with Crippen LogP contribution in [-0.2, 0) is 4.79 Å². The van der Waals surface area contributed by atoms with E-state index in [1.807, 2.05) is 0 Å². The molecule has 0 fully saturated rings. The number of rotatable bonds is 1. The van der Waals surface area contributed by atoms with Gasteiger partial charge in [-0.15, -0.1) is 0 Å². The number of carboxylic acid groups (broad SMARTS) is 1. The molecule has 0 saturated heterocycles. The lowest BCUT2D eigenvalue weighted by Gasteiger charge is -2.28. The molecule has 0 aromatic rings. The van der Waals surface area contributed by atoms with E-state index in [-0.39, 0.29) is 6.10 Å². The second-order valence-electron chi connectivity index (χ2n) is 6.08. The Balaban J connectivity index is 0.000000796. The van der Waals surface area contributed by atoms with Gasteiger partial charge in [-0.25, -0.2) is 0 Å². The number of allylic oxidation sites excluding steroid dienone is 2. The molecule has 1 aliphatic carbocycles. The van der Waals surface area contributed by atoms with Gasteiger partial charge in [0.2, 0.25) is 0 Å². The molecule has 2 N–H and O–H groups in total. The normalized spacial score (nSPS) is 24.5. The molecule has 0 aromatic heterocycles. The average molecular weight is 282 g/mol. The Morgan fingerprint density at radius 3 is 2.45 bits per heavy atom. The van der Waals surface area contributed by atoms with Crippen LogP contribution in [0.5, 0.6) is 0 Å². The molecule has 0 saturated carbocycles. The molecule has 0 heterocycles. The minimum Gasteiger partial charge on any atom is -0.481 e. The quantitative estimate of drug-likeness (QED) is 0.709. The third-order valence-corrected chi connectivity index (χ3v) is 3.71. The number of hydrogen-bond donors (Lipinski definition) is 2. The lowest BCUT2D eigenvalue weighted by molar-refractivity contribution is -0.134. The molecular weight excluding hydrogens is 252 g/mol. The topological polar surface area (TPSA) is 57.5 Å². The molecule has 1 rings (SSSR count). The van der Waals surface area contributed by atoms with Gasteiger partial charge in [0.05, 0.1) is 6.10 Å². The first kappa shape index (κ1) is 18.9. The van der Waals surface area contributed by atoms with E-state index in [9.17, 15) is 5.11 Å². The number of hydrogen-bond acceptors (Lipinski definition) is 2. The summed E-state index contributed by atoms with van der Waals surface area (Å²) in [5.74, 6) is 0.133. The molecule has 0 radical (unpaired) electrons. The molecule has 2 atom stereocenters. The van der Waals surface area contributed by atoms with Crippen molar-refractivity contribution in [2.24, 2.45) is 11.8 Å². The maximum atomic E-state index is 10.2. The van der Waals surface area contributed by atoms with Crippen LogP contribution in [0.1, 0.15) is 59.8 Å². The lowest BCUT2D eigenvalue weighted by Crippen LogP contribution is -2.26. The predicted molar refractivity (Wildman–Crippen MR) is 83.6 cm³/mol. The summed E-state index contributed by atoms with van der Waals surface area (Å²) in [6.45, 7) is 11.8. The van der Waals surface area contributed by atoms with Crippen LogP contribution in [0.4, 0.5) is 0 Å². The summed E-state index contributed by atoms with van der Waals surface area (Å²) in [6, 6.07) is 0. The highest BCUT2D eigenvalue weighted by molar-refractivity contribution is 5.62. The smallest absolute Gasteiger partial charge is 0.300 e. The van der Waals surface area contributed by atoms with Crippen molar-refractivity contribution in [1.82, 2.24) is 0 Å². The molecule has 0 amide bonds. The SMILES string of the molecule is C=C1CCC=C(C)CCC(C(C)C)C(O)C1.CC(=O)O. The van der Waals surface area contributed by atoms with E-state index in [1.54, 1.807) is 0 Å². The van der Waals surface area contributed by atoms with Crippen LogP contribution in [0, 0.1) is 11.8 Å². The Morgan fingerprint density at radius 1 is 1.40 bits per heavy atom. The van der Waals surface area contributed by atoms with Gasteiger partial charge in [-0.2, -0.15) is 0 Å². The maximum Gasteiger partial charge on any atom is 0.300 e.